The summed E-state index contributed by atoms with van der Waals surface area (Å²) in [4.78, 5) is 0. The number of aryl methyl sites for hydroxylation is 1. The molecule has 0 aliphatic heterocycles. The van der Waals surface area contributed by atoms with Gasteiger partial charge < -0.3 is 5.32 Å². The molecule has 0 saturated carbocycles. The van der Waals surface area contributed by atoms with E-state index in [4.69, 9.17) is 0 Å². The van der Waals surface area contributed by atoms with E-state index in [0.717, 1.165) is 32.3 Å². The number of thioether (sulfide) groups is 1. The molecule has 86 valence electrons. The van der Waals surface area contributed by atoms with Crippen molar-refractivity contribution in [1.29, 1.82) is 0 Å². The molecular weight excluding hydrogens is 262 g/mol. The van der Waals surface area contributed by atoms with Gasteiger partial charge in [0.2, 0.25) is 0 Å². The Morgan fingerprint density at radius 1 is 1.31 bits per heavy atom. The van der Waals surface area contributed by atoms with Gasteiger partial charge in [0.1, 0.15) is 15.7 Å². The predicted molar refractivity (Wildman–Crippen MR) is 68.3 cm³/mol. The van der Waals surface area contributed by atoms with Crippen LogP contribution < -0.4 is 5.32 Å². The summed E-state index contributed by atoms with van der Waals surface area (Å²) in [5, 5.41) is 17.4. The average Bonchev–Trinajstić information content (AvgIpc) is 2.85. The summed E-state index contributed by atoms with van der Waals surface area (Å²) in [6, 6.07) is 0. The highest BCUT2D eigenvalue weighted by atomic mass is 32.2. The van der Waals surface area contributed by atoms with Gasteiger partial charge in [-0.3, -0.25) is 0 Å². The van der Waals surface area contributed by atoms with E-state index in [0.29, 0.717) is 0 Å². The van der Waals surface area contributed by atoms with E-state index in [9.17, 15) is 0 Å². The molecule has 1 N–H and O–H groups in total. The molecule has 0 aliphatic carbocycles. The third-order valence-electron chi connectivity index (χ3n) is 1.73. The molecule has 0 aromatic carbocycles. The first-order valence-electron chi connectivity index (χ1n) is 4.77. The Morgan fingerprint density at radius 2 is 2.19 bits per heavy atom. The van der Waals surface area contributed by atoms with Crippen molar-refractivity contribution < 1.29 is 0 Å². The molecule has 0 aliphatic rings. The lowest BCUT2D eigenvalue weighted by Gasteiger charge is -1.99. The maximum Gasteiger partial charge on any atom is 0.174 e. The number of rotatable bonds is 5. The normalized spacial score (nSPS) is 10.6. The topological polar surface area (TPSA) is 63.6 Å². The van der Waals surface area contributed by atoms with Gasteiger partial charge in [-0.15, -0.1) is 15.3 Å². The monoisotopic (exact) mass is 273 g/mol. The summed E-state index contributed by atoms with van der Waals surface area (Å²) in [5.74, 6) is 0.785. The summed E-state index contributed by atoms with van der Waals surface area (Å²) < 4.78 is 4.92. The van der Waals surface area contributed by atoms with E-state index >= 15 is 0 Å². The van der Waals surface area contributed by atoms with Crippen molar-refractivity contribution in [3.8, 4) is 0 Å². The molecule has 2 rings (SSSR count). The van der Waals surface area contributed by atoms with Crippen LogP contribution in [-0.4, -0.2) is 26.3 Å². The van der Waals surface area contributed by atoms with Crippen LogP contribution in [0.2, 0.25) is 0 Å². The minimum Gasteiger partial charge on any atom is -0.374 e. The first-order valence-corrected chi connectivity index (χ1v) is 7.35. The Hall–Kier alpha value is -0.730. The summed E-state index contributed by atoms with van der Waals surface area (Å²) in [7, 11) is 0. The highest BCUT2D eigenvalue weighted by Crippen LogP contribution is 2.28. The van der Waals surface area contributed by atoms with Gasteiger partial charge >= 0.3 is 0 Å². The van der Waals surface area contributed by atoms with E-state index in [1.807, 2.05) is 6.92 Å². The summed E-state index contributed by atoms with van der Waals surface area (Å²) >= 11 is 4.65. The fraction of sp³-hybridized carbons (Fsp3) is 0.500. The van der Waals surface area contributed by atoms with Crippen molar-refractivity contribution in [2.45, 2.75) is 23.9 Å². The zero-order valence-electron chi connectivity index (χ0n) is 8.93. The summed E-state index contributed by atoms with van der Waals surface area (Å²) in [6.45, 7) is 4.90. The molecule has 0 fully saturated rings. The van der Waals surface area contributed by atoms with Crippen molar-refractivity contribution in [2.75, 3.05) is 11.9 Å². The maximum absolute atomic E-state index is 4.10. The molecule has 0 unspecified atom stereocenters. The summed E-state index contributed by atoms with van der Waals surface area (Å²) in [5.41, 5.74) is 0.990. The second-order valence-electron chi connectivity index (χ2n) is 2.95. The van der Waals surface area contributed by atoms with Gasteiger partial charge in [0.25, 0.3) is 0 Å². The van der Waals surface area contributed by atoms with Gasteiger partial charge in [0, 0.05) is 23.8 Å². The minimum absolute atomic E-state index is 0.785. The van der Waals surface area contributed by atoms with E-state index in [2.05, 4.69) is 32.0 Å². The van der Waals surface area contributed by atoms with Gasteiger partial charge in [-0.05, 0) is 13.8 Å². The van der Waals surface area contributed by atoms with Crippen LogP contribution in [0.5, 0.6) is 0 Å². The Morgan fingerprint density at radius 3 is 2.88 bits per heavy atom. The molecule has 2 heterocycles. The molecular formula is C8H11N5S3. The van der Waals surface area contributed by atoms with Crippen molar-refractivity contribution in [1.82, 2.24) is 19.8 Å². The van der Waals surface area contributed by atoms with Crippen molar-refractivity contribution >= 4 is 39.6 Å². The van der Waals surface area contributed by atoms with Gasteiger partial charge in [-0.1, -0.05) is 27.6 Å². The van der Waals surface area contributed by atoms with Crippen molar-refractivity contribution in [3.05, 3.63) is 10.7 Å². The fourth-order valence-electron chi connectivity index (χ4n) is 1.06. The molecule has 2 aromatic heterocycles. The number of hydrogen-bond acceptors (Lipinski definition) is 8. The highest BCUT2D eigenvalue weighted by molar-refractivity contribution is 8.00. The lowest BCUT2D eigenvalue weighted by atomic mass is 10.5. The molecule has 2 aromatic rings. The SMILES string of the molecule is CCNc1snnc1CSc1nnc(C)s1. The van der Waals surface area contributed by atoms with Gasteiger partial charge in [0.05, 0.1) is 0 Å². The largest absolute Gasteiger partial charge is 0.374 e. The lowest BCUT2D eigenvalue weighted by Crippen LogP contribution is -1.97. The zero-order valence-corrected chi connectivity index (χ0v) is 11.4. The molecule has 5 nitrogen and oxygen atoms in total. The molecule has 16 heavy (non-hydrogen) atoms. The number of aromatic nitrogens is 4. The van der Waals surface area contributed by atoms with Crippen LogP contribution >= 0.6 is 34.6 Å². The molecule has 0 bridgehead atoms. The van der Waals surface area contributed by atoms with E-state index < -0.39 is 0 Å². The highest BCUT2D eigenvalue weighted by Gasteiger charge is 2.09. The fourth-order valence-corrected chi connectivity index (χ4v) is 3.56. The van der Waals surface area contributed by atoms with Gasteiger partial charge in [-0.25, -0.2) is 0 Å². The lowest BCUT2D eigenvalue weighted by molar-refractivity contribution is 0.982. The second-order valence-corrected chi connectivity index (χ2v) is 6.11. The van der Waals surface area contributed by atoms with Crippen LogP contribution in [0.4, 0.5) is 5.00 Å². The minimum atomic E-state index is 0.785. The van der Waals surface area contributed by atoms with Crippen molar-refractivity contribution in [2.24, 2.45) is 0 Å². The average molecular weight is 273 g/mol. The maximum atomic E-state index is 4.10. The number of hydrogen-bond donors (Lipinski definition) is 1. The standard InChI is InChI=1S/C8H11N5S3/c1-3-9-7-6(11-13-16-7)4-14-8-12-10-5(2)15-8/h9H,3-4H2,1-2H3. The third-order valence-corrected chi connectivity index (χ3v) is 4.44. The molecule has 0 spiro atoms. The Kier molecular flexibility index (Phi) is 4.08. The Balaban J connectivity index is 1.96. The Labute approximate surface area is 106 Å². The predicted octanol–water partition coefficient (Wildman–Crippen LogP) is 2.42. The van der Waals surface area contributed by atoms with E-state index in [1.165, 1.54) is 11.5 Å². The smallest absolute Gasteiger partial charge is 0.174 e. The number of nitrogens with zero attached hydrogens (tertiary/aromatic N) is 4. The number of anilines is 1. The van der Waals surface area contributed by atoms with Crippen LogP contribution in [0.3, 0.4) is 0 Å². The summed E-state index contributed by atoms with van der Waals surface area (Å²) in [6.07, 6.45) is 0. The van der Waals surface area contributed by atoms with E-state index in [1.54, 1.807) is 23.1 Å². The van der Waals surface area contributed by atoms with Crippen LogP contribution in [0.25, 0.3) is 0 Å². The molecule has 0 saturated heterocycles. The van der Waals surface area contributed by atoms with Crippen LogP contribution in [0, 0.1) is 6.92 Å². The molecule has 0 atom stereocenters. The molecule has 0 amide bonds. The zero-order chi connectivity index (χ0) is 11.4. The van der Waals surface area contributed by atoms with Gasteiger partial charge in [0.15, 0.2) is 4.34 Å². The molecule has 8 heteroatoms. The van der Waals surface area contributed by atoms with Crippen LogP contribution in [-0.2, 0) is 5.75 Å². The van der Waals surface area contributed by atoms with Crippen molar-refractivity contribution in [3.63, 3.8) is 0 Å². The first-order chi connectivity index (χ1) is 7.79. The van der Waals surface area contributed by atoms with Crippen LogP contribution in [0.15, 0.2) is 4.34 Å². The second kappa shape index (κ2) is 5.55. The third kappa shape index (κ3) is 2.89. The van der Waals surface area contributed by atoms with E-state index in [-0.39, 0.29) is 0 Å². The first kappa shape index (κ1) is 11.7. The van der Waals surface area contributed by atoms with Crippen LogP contribution in [0.1, 0.15) is 17.6 Å². The van der Waals surface area contributed by atoms with Gasteiger partial charge in [-0.2, -0.15) is 0 Å². The Bertz CT molecular complexity index is 452. The molecule has 0 radical (unpaired) electrons. The quantitative estimate of drug-likeness (QED) is 0.844. The number of nitrogens with one attached hydrogen (secondary N) is 1.